The average molecular weight is 393 g/mol. The second-order valence-corrected chi connectivity index (χ2v) is 8.42. The minimum atomic E-state index is -3.89. The number of aryl methyl sites for hydroxylation is 2. The third kappa shape index (κ3) is 6.20. The van der Waals surface area contributed by atoms with Gasteiger partial charge in [-0.1, -0.05) is 35.4 Å². The maximum atomic E-state index is 12.1. The number of carbonyl (C=O) groups excluding carboxylic acids is 2. The number of amides is 2. The molecule has 138 valence electrons. The molecule has 0 saturated carbocycles. The first-order valence-corrected chi connectivity index (χ1v) is 10.5. The molecule has 2 rings (SSSR count). The Hall–Kier alpha value is -2.32. The topological polar surface area (TPSA) is 92.3 Å². The van der Waals surface area contributed by atoms with Crippen LogP contribution >= 0.6 is 11.8 Å². The highest BCUT2D eigenvalue weighted by Gasteiger charge is 2.17. The van der Waals surface area contributed by atoms with Crippen molar-refractivity contribution in [3.8, 4) is 0 Å². The summed E-state index contributed by atoms with van der Waals surface area (Å²) in [7, 11) is -3.89. The Bertz CT molecular complexity index is 876. The predicted molar refractivity (Wildman–Crippen MR) is 104 cm³/mol. The highest BCUT2D eigenvalue weighted by atomic mass is 32.2. The molecule has 0 aliphatic heterocycles. The van der Waals surface area contributed by atoms with Gasteiger partial charge in [0.05, 0.1) is 16.4 Å². The van der Waals surface area contributed by atoms with E-state index in [1.165, 1.54) is 12.1 Å². The van der Waals surface area contributed by atoms with Crippen LogP contribution < -0.4 is 10.0 Å². The summed E-state index contributed by atoms with van der Waals surface area (Å²) in [6.07, 6.45) is 0. The number of rotatable bonds is 7. The van der Waals surface area contributed by atoms with Crippen LogP contribution in [0.25, 0.3) is 0 Å². The molecule has 2 aromatic rings. The first-order valence-electron chi connectivity index (χ1n) is 7.83. The molecule has 6 nitrogen and oxygen atoms in total. The van der Waals surface area contributed by atoms with Crippen molar-refractivity contribution >= 4 is 39.3 Å². The molecule has 0 saturated heterocycles. The molecule has 0 aromatic heterocycles. The summed E-state index contributed by atoms with van der Waals surface area (Å²) in [4.78, 5) is 23.7. The predicted octanol–water partition coefficient (Wildman–Crippen LogP) is 2.48. The largest absolute Gasteiger partial charge is 0.325 e. The van der Waals surface area contributed by atoms with Crippen molar-refractivity contribution < 1.29 is 18.0 Å². The lowest BCUT2D eigenvalue weighted by Crippen LogP contribution is -2.32. The Morgan fingerprint density at radius 2 is 1.35 bits per heavy atom. The van der Waals surface area contributed by atoms with Crippen molar-refractivity contribution in [1.82, 2.24) is 4.72 Å². The molecule has 26 heavy (non-hydrogen) atoms. The van der Waals surface area contributed by atoms with E-state index in [0.29, 0.717) is 5.69 Å². The Morgan fingerprint density at radius 1 is 0.846 bits per heavy atom. The lowest BCUT2D eigenvalue weighted by atomic mass is 10.2. The van der Waals surface area contributed by atoms with Gasteiger partial charge in [-0.25, -0.2) is 13.1 Å². The summed E-state index contributed by atoms with van der Waals surface area (Å²) >= 11 is 1.04. The van der Waals surface area contributed by atoms with Gasteiger partial charge in [0.25, 0.3) is 10.0 Å². The van der Waals surface area contributed by atoms with E-state index in [4.69, 9.17) is 0 Å². The van der Waals surface area contributed by atoms with E-state index in [0.717, 1.165) is 22.9 Å². The van der Waals surface area contributed by atoms with Gasteiger partial charge in [0.1, 0.15) is 0 Å². The number of benzene rings is 2. The highest BCUT2D eigenvalue weighted by Crippen LogP contribution is 2.11. The van der Waals surface area contributed by atoms with Crippen molar-refractivity contribution in [2.24, 2.45) is 0 Å². The minimum Gasteiger partial charge on any atom is -0.325 e. The van der Waals surface area contributed by atoms with Crippen LogP contribution in [-0.2, 0) is 19.6 Å². The third-order valence-corrected chi connectivity index (χ3v) is 5.70. The molecular formula is C18H20N2O4S2. The van der Waals surface area contributed by atoms with Crippen molar-refractivity contribution in [2.45, 2.75) is 18.7 Å². The van der Waals surface area contributed by atoms with Crippen LogP contribution in [-0.4, -0.2) is 31.7 Å². The van der Waals surface area contributed by atoms with Gasteiger partial charge < -0.3 is 5.32 Å². The van der Waals surface area contributed by atoms with Crippen molar-refractivity contribution in [3.05, 3.63) is 59.7 Å². The zero-order valence-electron chi connectivity index (χ0n) is 14.5. The molecule has 2 aromatic carbocycles. The Kier molecular flexibility index (Phi) is 6.82. The molecule has 2 amide bonds. The standard InChI is InChI=1S/C18H20N2O4S2/c1-13-3-7-15(8-4-13)19-17(21)11-25-12-18(22)20-26(23,24)16-9-5-14(2)6-10-16/h3-10H,11-12H2,1-2H3,(H,19,21)(H,20,22). The second kappa shape index (κ2) is 8.86. The van der Waals surface area contributed by atoms with E-state index in [1.807, 2.05) is 30.7 Å². The zero-order chi connectivity index (χ0) is 19.2. The fourth-order valence-corrected chi connectivity index (χ4v) is 3.72. The van der Waals surface area contributed by atoms with Crippen molar-refractivity contribution in [3.63, 3.8) is 0 Å². The molecule has 0 bridgehead atoms. The van der Waals surface area contributed by atoms with E-state index >= 15 is 0 Å². The summed E-state index contributed by atoms with van der Waals surface area (Å²) in [6, 6.07) is 13.5. The summed E-state index contributed by atoms with van der Waals surface area (Å²) in [6.45, 7) is 3.79. The normalized spacial score (nSPS) is 11.0. The van der Waals surface area contributed by atoms with Gasteiger partial charge in [-0.3, -0.25) is 9.59 Å². The molecule has 0 atom stereocenters. The monoisotopic (exact) mass is 392 g/mol. The van der Waals surface area contributed by atoms with E-state index in [2.05, 4.69) is 5.32 Å². The number of thioether (sulfide) groups is 1. The lowest BCUT2D eigenvalue weighted by Gasteiger charge is -2.08. The van der Waals surface area contributed by atoms with E-state index < -0.39 is 15.9 Å². The van der Waals surface area contributed by atoms with Gasteiger partial charge in [-0.2, -0.15) is 0 Å². The van der Waals surface area contributed by atoms with Crippen LogP contribution in [0.4, 0.5) is 5.69 Å². The van der Waals surface area contributed by atoms with E-state index in [1.54, 1.807) is 24.3 Å². The number of sulfonamides is 1. The lowest BCUT2D eigenvalue weighted by molar-refractivity contribution is -0.116. The Balaban J connectivity index is 1.78. The first-order chi connectivity index (χ1) is 12.3. The highest BCUT2D eigenvalue weighted by molar-refractivity contribution is 8.00. The smallest absolute Gasteiger partial charge is 0.264 e. The van der Waals surface area contributed by atoms with Crippen LogP contribution in [0.1, 0.15) is 11.1 Å². The molecule has 0 spiro atoms. The quantitative estimate of drug-likeness (QED) is 0.755. The molecule has 8 heteroatoms. The van der Waals surface area contributed by atoms with Crippen LogP contribution in [0.5, 0.6) is 0 Å². The summed E-state index contributed by atoms with van der Waals surface area (Å²) < 4.78 is 26.2. The molecular weight excluding hydrogens is 372 g/mol. The second-order valence-electron chi connectivity index (χ2n) is 5.75. The SMILES string of the molecule is Cc1ccc(NC(=O)CSCC(=O)NS(=O)(=O)c2ccc(C)cc2)cc1. The maximum Gasteiger partial charge on any atom is 0.264 e. The summed E-state index contributed by atoms with van der Waals surface area (Å²) in [5.74, 6) is -1.01. The molecule has 0 heterocycles. The fraction of sp³-hybridized carbons (Fsp3) is 0.222. The van der Waals surface area contributed by atoms with Gasteiger partial charge >= 0.3 is 0 Å². The number of carbonyl (C=O) groups is 2. The van der Waals surface area contributed by atoms with Gasteiger partial charge in [0, 0.05) is 5.69 Å². The maximum absolute atomic E-state index is 12.1. The van der Waals surface area contributed by atoms with Gasteiger partial charge in [-0.05, 0) is 38.1 Å². The fourth-order valence-electron chi connectivity index (χ4n) is 2.03. The first kappa shape index (κ1) is 20.0. The van der Waals surface area contributed by atoms with Crippen molar-refractivity contribution in [1.29, 1.82) is 0 Å². The molecule has 0 aliphatic carbocycles. The Labute approximate surface area is 157 Å². The average Bonchev–Trinajstić information content (AvgIpc) is 2.57. The summed E-state index contributed by atoms with van der Waals surface area (Å²) in [5, 5.41) is 2.71. The van der Waals surface area contributed by atoms with Crippen LogP contribution in [0, 0.1) is 13.8 Å². The number of hydrogen-bond acceptors (Lipinski definition) is 5. The third-order valence-electron chi connectivity index (χ3n) is 3.38. The van der Waals surface area contributed by atoms with E-state index in [-0.39, 0.29) is 22.3 Å². The number of nitrogens with one attached hydrogen (secondary N) is 2. The van der Waals surface area contributed by atoms with E-state index in [9.17, 15) is 18.0 Å². The van der Waals surface area contributed by atoms with Gasteiger partial charge in [-0.15, -0.1) is 11.8 Å². The van der Waals surface area contributed by atoms with Crippen molar-refractivity contribution in [2.75, 3.05) is 16.8 Å². The minimum absolute atomic E-state index is 0.0264. The molecule has 0 radical (unpaired) electrons. The van der Waals surface area contributed by atoms with Crippen LogP contribution in [0.3, 0.4) is 0 Å². The molecule has 2 N–H and O–H groups in total. The van der Waals surface area contributed by atoms with Gasteiger partial charge in [0.2, 0.25) is 11.8 Å². The molecule has 0 fully saturated rings. The van der Waals surface area contributed by atoms with Crippen LogP contribution in [0.2, 0.25) is 0 Å². The number of hydrogen-bond donors (Lipinski definition) is 2. The van der Waals surface area contributed by atoms with Crippen LogP contribution in [0.15, 0.2) is 53.4 Å². The molecule has 0 unspecified atom stereocenters. The Morgan fingerprint density at radius 3 is 1.92 bits per heavy atom. The van der Waals surface area contributed by atoms with Gasteiger partial charge in [0.15, 0.2) is 0 Å². The zero-order valence-corrected chi connectivity index (χ0v) is 16.1. The molecule has 0 aliphatic rings. The summed E-state index contributed by atoms with van der Waals surface area (Å²) in [5.41, 5.74) is 2.68. The number of anilines is 1.